The topological polar surface area (TPSA) is 59.3 Å². The summed E-state index contributed by atoms with van der Waals surface area (Å²) in [7, 11) is 0. The largest absolute Gasteiger partial charge is 0.423 e. The van der Waals surface area contributed by atoms with Crippen LogP contribution in [0.2, 0.25) is 0 Å². The lowest BCUT2D eigenvalue weighted by Crippen LogP contribution is -2.24. The van der Waals surface area contributed by atoms with Crippen LogP contribution in [0.25, 0.3) is 11.0 Å². The van der Waals surface area contributed by atoms with Crippen LogP contribution in [0.3, 0.4) is 0 Å². The Hall–Kier alpha value is -2.95. The van der Waals surface area contributed by atoms with Gasteiger partial charge in [-0.25, -0.2) is 9.18 Å². The third-order valence-electron chi connectivity index (χ3n) is 4.00. The highest BCUT2D eigenvalue weighted by Gasteiger charge is 2.12. The monoisotopic (exact) mass is 325 g/mol. The Morgan fingerprint density at radius 1 is 1.12 bits per heavy atom. The van der Waals surface area contributed by atoms with Crippen LogP contribution in [0.15, 0.2) is 51.7 Å². The van der Waals surface area contributed by atoms with Crippen LogP contribution >= 0.6 is 0 Å². The molecule has 0 aliphatic carbocycles. The van der Waals surface area contributed by atoms with Gasteiger partial charge in [0, 0.05) is 18.0 Å². The third kappa shape index (κ3) is 3.06. The van der Waals surface area contributed by atoms with Gasteiger partial charge < -0.3 is 9.73 Å². The van der Waals surface area contributed by atoms with Crippen molar-refractivity contribution in [2.45, 2.75) is 20.4 Å². The maximum atomic E-state index is 13.7. The fourth-order valence-corrected chi connectivity index (χ4v) is 2.55. The Bertz CT molecular complexity index is 992. The Morgan fingerprint density at radius 2 is 1.83 bits per heavy atom. The summed E-state index contributed by atoms with van der Waals surface area (Å²) >= 11 is 0. The molecule has 0 unspecified atom stereocenters. The molecule has 1 heterocycles. The first-order valence-corrected chi connectivity index (χ1v) is 7.52. The summed E-state index contributed by atoms with van der Waals surface area (Å²) < 4.78 is 18.9. The van der Waals surface area contributed by atoms with Gasteiger partial charge >= 0.3 is 5.63 Å². The number of carbonyl (C=O) groups excluding carboxylic acids is 1. The molecule has 24 heavy (non-hydrogen) atoms. The van der Waals surface area contributed by atoms with Crippen LogP contribution in [0.5, 0.6) is 0 Å². The number of rotatable bonds is 3. The molecule has 0 spiro atoms. The van der Waals surface area contributed by atoms with Crippen LogP contribution in [0.4, 0.5) is 4.39 Å². The van der Waals surface area contributed by atoms with Gasteiger partial charge in [-0.2, -0.15) is 0 Å². The minimum atomic E-state index is -0.584. The van der Waals surface area contributed by atoms with Crippen molar-refractivity contribution in [3.8, 4) is 0 Å². The predicted octanol–water partition coefficient (Wildman–Crippen LogP) is 3.48. The molecule has 0 fully saturated rings. The van der Waals surface area contributed by atoms with Gasteiger partial charge in [0.15, 0.2) is 0 Å². The molecule has 1 N–H and O–H groups in total. The van der Waals surface area contributed by atoms with Gasteiger partial charge in [-0.3, -0.25) is 4.79 Å². The second-order valence-electron chi connectivity index (χ2n) is 5.69. The average molecular weight is 325 g/mol. The van der Waals surface area contributed by atoms with Gasteiger partial charge in [-0.1, -0.05) is 12.1 Å². The molecule has 0 saturated carbocycles. The van der Waals surface area contributed by atoms with Gasteiger partial charge in [0.1, 0.15) is 11.4 Å². The smallest absolute Gasteiger partial charge is 0.336 e. The third-order valence-corrected chi connectivity index (χ3v) is 4.00. The molecule has 0 aliphatic heterocycles. The fourth-order valence-electron chi connectivity index (χ4n) is 2.55. The molecule has 4 nitrogen and oxygen atoms in total. The van der Waals surface area contributed by atoms with Crippen molar-refractivity contribution >= 4 is 16.9 Å². The van der Waals surface area contributed by atoms with E-state index in [9.17, 15) is 14.0 Å². The van der Waals surface area contributed by atoms with E-state index in [0.717, 1.165) is 16.5 Å². The molecule has 0 atom stereocenters. The molecule has 122 valence electrons. The van der Waals surface area contributed by atoms with Crippen molar-refractivity contribution in [1.29, 1.82) is 0 Å². The number of nitrogens with one attached hydrogen (secondary N) is 1. The van der Waals surface area contributed by atoms with Crippen LogP contribution < -0.4 is 10.9 Å². The molecule has 0 aliphatic rings. The molecule has 5 heteroatoms. The van der Waals surface area contributed by atoms with Crippen LogP contribution in [0.1, 0.15) is 27.0 Å². The average Bonchev–Trinajstić information content (AvgIpc) is 2.54. The quantitative estimate of drug-likeness (QED) is 0.750. The van der Waals surface area contributed by atoms with Crippen LogP contribution in [-0.4, -0.2) is 5.91 Å². The Morgan fingerprint density at radius 3 is 2.58 bits per heavy atom. The highest BCUT2D eigenvalue weighted by molar-refractivity contribution is 5.94. The van der Waals surface area contributed by atoms with E-state index in [1.165, 1.54) is 24.3 Å². The zero-order chi connectivity index (χ0) is 17.3. The number of carbonyl (C=O) groups is 1. The van der Waals surface area contributed by atoms with Gasteiger partial charge in [-0.05, 0) is 54.8 Å². The SMILES string of the molecule is Cc1cc2oc(=O)cc(CNC(=O)c3ccccc3F)c2cc1C. The normalized spacial score (nSPS) is 10.8. The van der Waals surface area contributed by atoms with Crippen molar-refractivity contribution in [2.75, 3.05) is 0 Å². The Kier molecular flexibility index (Phi) is 4.16. The molecule has 3 aromatic rings. The van der Waals surface area contributed by atoms with Crippen molar-refractivity contribution in [2.24, 2.45) is 0 Å². The van der Waals surface area contributed by atoms with E-state index in [-0.39, 0.29) is 12.1 Å². The number of fused-ring (bicyclic) bond motifs is 1. The van der Waals surface area contributed by atoms with E-state index in [2.05, 4.69) is 5.32 Å². The Balaban J connectivity index is 1.93. The first kappa shape index (κ1) is 15.9. The van der Waals surface area contributed by atoms with Gasteiger partial charge in [-0.15, -0.1) is 0 Å². The van der Waals surface area contributed by atoms with E-state index in [1.54, 1.807) is 12.1 Å². The lowest BCUT2D eigenvalue weighted by Gasteiger charge is -2.10. The molecular weight excluding hydrogens is 309 g/mol. The fraction of sp³-hybridized carbons (Fsp3) is 0.158. The summed E-state index contributed by atoms with van der Waals surface area (Å²) in [5.74, 6) is -1.11. The summed E-state index contributed by atoms with van der Waals surface area (Å²) in [6.45, 7) is 4.00. The van der Waals surface area contributed by atoms with E-state index < -0.39 is 17.3 Å². The summed E-state index contributed by atoms with van der Waals surface area (Å²) in [5, 5.41) is 3.41. The maximum Gasteiger partial charge on any atom is 0.336 e. The zero-order valence-electron chi connectivity index (χ0n) is 13.4. The van der Waals surface area contributed by atoms with Crippen LogP contribution in [-0.2, 0) is 6.54 Å². The molecule has 2 aromatic carbocycles. The number of aryl methyl sites for hydroxylation is 2. The highest BCUT2D eigenvalue weighted by atomic mass is 19.1. The number of benzene rings is 2. The number of amides is 1. The highest BCUT2D eigenvalue weighted by Crippen LogP contribution is 2.21. The lowest BCUT2D eigenvalue weighted by molar-refractivity contribution is 0.0947. The minimum absolute atomic E-state index is 0.0307. The minimum Gasteiger partial charge on any atom is -0.423 e. The van der Waals surface area contributed by atoms with Crippen molar-refractivity contribution < 1.29 is 13.6 Å². The summed E-state index contributed by atoms with van der Waals surface area (Å²) in [6.07, 6.45) is 0. The van der Waals surface area contributed by atoms with E-state index in [0.29, 0.717) is 11.1 Å². The first-order chi connectivity index (χ1) is 11.5. The Labute approximate surface area is 137 Å². The molecule has 0 radical (unpaired) electrons. The van der Waals surface area contributed by atoms with Crippen LogP contribution in [0, 0.1) is 19.7 Å². The summed E-state index contributed by atoms with van der Waals surface area (Å²) in [6, 6.07) is 10.8. The standard InChI is InChI=1S/C19H16FNO3/c1-11-7-15-13(9-18(22)24-17(15)8-12(11)2)10-21-19(23)14-5-3-4-6-16(14)20/h3-9H,10H2,1-2H3,(H,21,23). The van der Waals surface area contributed by atoms with Crippen molar-refractivity contribution in [1.82, 2.24) is 5.32 Å². The number of halogens is 1. The van der Waals surface area contributed by atoms with E-state index in [4.69, 9.17) is 4.42 Å². The molecule has 0 bridgehead atoms. The maximum absolute atomic E-state index is 13.7. The number of hydrogen-bond acceptors (Lipinski definition) is 3. The molecule has 3 rings (SSSR count). The second-order valence-corrected chi connectivity index (χ2v) is 5.69. The molecule has 1 aromatic heterocycles. The zero-order valence-corrected chi connectivity index (χ0v) is 13.4. The predicted molar refractivity (Wildman–Crippen MR) is 89.5 cm³/mol. The van der Waals surface area contributed by atoms with E-state index in [1.807, 2.05) is 19.9 Å². The summed E-state index contributed by atoms with van der Waals surface area (Å²) in [4.78, 5) is 23.9. The van der Waals surface area contributed by atoms with Gasteiger partial charge in [0.2, 0.25) is 0 Å². The van der Waals surface area contributed by atoms with Crippen molar-refractivity contribution in [3.05, 3.63) is 81.0 Å². The second kappa shape index (κ2) is 6.28. The molecule has 0 saturated heterocycles. The van der Waals surface area contributed by atoms with Gasteiger partial charge in [0.05, 0.1) is 5.56 Å². The molecule has 1 amide bonds. The summed E-state index contributed by atoms with van der Waals surface area (Å²) in [5.41, 5.74) is 2.66. The van der Waals surface area contributed by atoms with E-state index >= 15 is 0 Å². The van der Waals surface area contributed by atoms with Gasteiger partial charge in [0.25, 0.3) is 5.91 Å². The number of hydrogen-bond donors (Lipinski definition) is 1. The molecular formula is C19H16FNO3. The van der Waals surface area contributed by atoms with Crippen molar-refractivity contribution in [3.63, 3.8) is 0 Å². The lowest BCUT2D eigenvalue weighted by atomic mass is 10.0. The first-order valence-electron chi connectivity index (χ1n) is 7.52.